The van der Waals surface area contributed by atoms with Gasteiger partial charge in [0, 0.05) is 24.2 Å². The van der Waals surface area contributed by atoms with Gasteiger partial charge in [-0.25, -0.2) is 4.79 Å². The number of hydrogen-bond acceptors (Lipinski definition) is 4. The Bertz CT molecular complexity index is 404. The monoisotopic (exact) mass is 235 g/mol. The highest BCUT2D eigenvalue weighted by Crippen LogP contribution is 2.01. The SMILES string of the molecule is CCOC=CC(=O)NC(=O)Nc1ccncc1. The zero-order valence-corrected chi connectivity index (χ0v) is 9.34. The van der Waals surface area contributed by atoms with Gasteiger partial charge in [-0.1, -0.05) is 0 Å². The second kappa shape index (κ2) is 7.00. The van der Waals surface area contributed by atoms with E-state index in [-0.39, 0.29) is 0 Å². The highest BCUT2D eigenvalue weighted by Gasteiger charge is 2.04. The van der Waals surface area contributed by atoms with E-state index >= 15 is 0 Å². The summed E-state index contributed by atoms with van der Waals surface area (Å²) in [5.74, 6) is -0.551. The van der Waals surface area contributed by atoms with Crippen molar-refractivity contribution >= 4 is 17.6 Å². The second-order valence-electron chi connectivity index (χ2n) is 2.94. The molecule has 0 radical (unpaired) electrons. The molecule has 0 saturated carbocycles. The number of imide groups is 1. The first kappa shape index (κ1) is 12.7. The van der Waals surface area contributed by atoms with Crippen molar-refractivity contribution in [2.24, 2.45) is 0 Å². The number of anilines is 1. The quantitative estimate of drug-likeness (QED) is 0.608. The van der Waals surface area contributed by atoms with Gasteiger partial charge in [0.1, 0.15) is 0 Å². The van der Waals surface area contributed by atoms with E-state index in [0.717, 1.165) is 6.08 Å². The van der Waals surface area contributed by atoms with E-state index in [2.05, 4.69) is 15.6 Å². The average molecular weight is 235 g/mol. The number of nitrogens with one attached hydrogen (secondary N) is 2. The molecule has 6 heteroatoms. The van der Waals surface area contributed by atoms with Crippen molar-refractivity contribution in [2.75, 3.05) is 11.9 Å². The number of hydrogen-bond donors (Lipinski definition) is 2. The molecule has 1 rings (SSSR count). The molecule has 1 heterocycles. The van der Waals surface area contributed by atoms with Gasteiger partial charge in [-0.15, -0.1) is 0 Å². The van der Waals surface area contributed by atoms with E-state index in [1.54, 1.807) is 19.1 Å². The van der Waals surface area contributed by atoms with Gasteiger partial charge in [0.05, 0.1) is 12.9 Å². The second-order valence-corrected chi connectivity index (χ2v) is 2.94. The number of ether oxygens (including phenoxy) is 1. The molecule has 0 atom stereocenters. The number of nitrogens with zero attached hydrogens (tertiary/aromatic N) is 1. The van der Waals surface area contributed by atoms with E-state index in [4.69, 9.17) is 4.74 Å². The van der Waals surface area contributed by atoms with Crippen molar-refractivity contribution in [1.82, 2.24) is 10.3 Å². The van der Waals surface area contributed by atoms with E-state index < -0.39 is 11.9 Å². The first-order valence-corrected chi connectivity index (χ1v) is 5.02. The topological polar surface area (TPSA) is 80.3 Å². The molecule has 0 aromatic carbocycles. The molecule has 2 N–H and O–H groups in total. The van der Waals surface area contributed by atoms with Crippen molar-refractivity contribution in [3.8, 4) is 0 Å². The first-order valence-electron chi connectivity index (χ1n) is 5.02. The molecule has 17 heavy (non-hydrogen) atoms. The van der Waals surface area contributed by atoms with Crippen molar-refractivity contribution in [3.05, 3.63) is 36.9 Å². The summed E-state index contributed by atoms with van der Waals surface area (Å²) in [5, 5.41) is 4.59. The Balaban J connectivity index is 2.37. The summed E-state index contributed by atoms with van der Waals surface area (Å²) >= 11 is 0. The van der Waals surface area contributed by atoms with E-state index in [1.807, 2.05) is 0 Å². The fourth-order valence-electron chi connectivity index (χ4n) is 0.957. The Hall–Kier alpha value is -2.37. The summed E-state index contributed by atoms with van der Waals surface area (Å²) < 4.78 is 4.82. The van der Waals surface area contributed by atoms with Gasteiger partial charge in [-0.3, -0.25) is 15.1 Å². The Kier molecular flexibility index (Phi) is 5.23. The van der Waals surface area contributed by atoms with Crippen LogP contribution in [0.2, 0.25) is 0 Å². The first-order chi connectivity index (χ1) is 8.22. The van der Waals surface area contributed by atoms with Crippen LogP contribution in [-0.2, 0) is 9.53 Å². The van der Waals surface area contributed by atoms with Crippen molar-refractivity contribution in [1.29, 1.82) is 0 Å². The van der Waals surface area contributed by atoms with E-state index in [0.29, 0.717) is 12.3 Å². The number of amides is 3. The number of urea groups is 1. The van der Waals surface area contributed by atoms with Crippen LogP contribution in [0.5, 0.6) is 0 Å². The van der Waals surface area contributed by atoms with Crippen molar-refractivity contribution in [2.45, 2.75) is 6.92 Å². The summed E-state index contributed by atoms with van der Waals surface area (Å²) in [4.78, 5) is 26.3. The van der Waals surface area contributed by atoms with Crippen LogP contribution in [0.15, 0.2) is 36.9 Å². The minimum Gasteiger partial charge on any atom is -0.501 e. The molecular formula is C11H13N3O3. The van der Waals surface area contributed by atoms with Gasteiger partial charge < -0.3 is 10.1 Å². The third-order valence-electron chi connectivity index (χ3n) is 1.66. The van der Waals surface area contributed by atoms with Gasteiger partial charge >= 0.3 is 6.03 Å². The lowest BCUT2D eigenvalue weighted by Gasteiger charge is -2.03. The molecule has 0 saturated heterocycles. The maximum atomic E-state index is 11.3. The van der Waals surface area contributed by atoms with Crippen molar-refractivity contribution in [3.63, 3.8) is 0 Å². The minimum absolute atomic E-state index is 0.465. The van der Waals surface area contributed by atoms with Crippen LogP contribution < -0.4 is 10.6 Å². The zero-order chi connectivity index (χ0) is 12.5. The number of carbonyl (C=O) groups excluding carboxylic acids is 2. The number of aromatic nitrogens is 1. The summed E-state index contributed by atoms with van der Waals surface area (Å²) in [7, 11) is 0. The van der Waals surface area contributed by atoms with Crippen LogP contribution in [0, 0.1) is 0 Å². The lowest BCUT2D eigenvalue weighted by molar-refractivity contribution is -0.115. The van der Waals surface area contributed by atoms with Crippen LogP contribution in [-0.4, -0.2) is 23.5 Å². The molecule has 90 valence electrons. The largest absolute Gasteiger partial charge is 0.501 e. The molecule has 0 aliphatic heterocycles. The van der Waals surface area contributed by atoms with Gasteiger partial charge in [-0.2, -0.15) is 0 Å². The van der Waals surface area contributed by atoms with Crippen LogP contribution in [0.1, 0.15) is 6.92 Å². The predicted octanol–water partition coefficient (Wildman–Crippen LogP) is 1.28. The Morgan fingerprint density at radius 2 is 2.12 bits per heavy atom. The summed E-state index contributed by atoms with van der Waals surface area (Å²) in [6.07, 6.45) is 5.43. The van der Waals surface area contributed by atoms with Crippen LogP contribution in [0.25, 0.3) is 0 Å². The molecule has 0 spiro atoms. The lowest BCUT2D eigenvalue weighted by atomic mass is 10.4. The molecule has 1 aromatic rings. The molecule has 6 nitrogen and oxygen atoms in total. The Morgan fingerprint density at radius 3 is 2.76 bits per heavy atom. The molecule has 0 unspecified atom stereocenters. The van der Waals surface area contributed by atoms with E-state index in [9.17, 15) is 9.59 Å². The summed E-state index contributed by atoms with van der Waals surface area (Å²) in [5.41, 5.74) is 0.555. The third kappa shape index (κ3) is 5.31. The Morgan fingerprint density at radius 1 is 1.41 bits per heavy atom. The standard InChI is InChI=1S/C11H13N3O3/c1-2-17-8-5-10(15)14-11(16)13-9-3-6-12-7-4-9/h3-8H,2H2,1H3,(H2,12,13,14,15,16). The molecule has 0 bridgehead atoms. The summed E-state index contributed by atoms with van der Waals surface area (Å²) in [6.45, 7) is 2.26. The number of rotatable bonds is 4. The van der Waals surface area contributed by atoms with Crippen LogP contribution in [0.3, 0.4) is 0 Å². The lowest BCUT2D eigenvalue weighted by Crippen LogP contribution is -2.33. The maximum Gasteiger partial charge on any atom is 0.326 e. The maximum absolute atomic E-state index is 11.3. The van der Waals surface area contributed by atoms with Gasteiger partial charge in [0.15, 0.2) is 0 Å². The fraction of sp³-hybridized carbons (Fsp3) is 0.182. The highest BCUT2D eigenvalue weighted by atomic mass is 16.5. The fourth-order valence-corrected chi connectivity index (χ4v) is 0.957. The molecule has 0 aliphatic carbocycles. The normalized spacial score (nSPS) is 9.94. The van der Waals surface area contributed by atoms with Crippen LogP contribution in [0.4, 0.5) is 10.5 Å². The van der Waals surface area contributed by atoms with Crippen LogP contribution >= 0.6 is 0 Å². The minimum atomic E-state index is -0.609. The smallest absolute Gasteiger partial charge is 0.326 e. The summed E-state index contributed by atoms with van der Waals surface area (Å²) in [6, 6.07) is 2.61. The molecule has 0 fully saturated rings. The Labute approximate surface area is 98.7 Å². The molecule has 3 amide bonds. The number of pyridine rings is 1. The van der Waals surface area contributed by atoms with Crippen molar-refractivity contribution < 1.29 is 14.3 Å². The molecular weight excluding hydrogens is 222 g/mol. The van der Waals surface area contributed by atoms with Gasteiger partial charge in [-0.05, 0) is 19.1 Å². The molecule has 0 aliphatic rings. The predicted molar refractivity (Wildman–Crippen MR) is 62.2 cm³/mol. The van der Waals surface area contributed by atoms with E-state index in [1.165, 1.54) is 18.7 Å². The molecule has 1 aromatic heterocycles. The highest BCUT2D eigenvalue weighted by molar-refractivity contribution is 6.04. The average Bonchev–Trinajstić information content (AvgIpc) is 2.30. The number of carbonyl (C=O) groups is 2. The van der Waals surface area contributed by atoms with Gasteiger partial charge in [0.25, 0.3) is 5.91 Å². The third-order valence-corrected chi connectivity index (χ3v) is 1.66. The zero-order valence-electron chi connectivity index (χ0n) is 9.34. The van der Waals surface area contributed by atoms with Gasteiger partial charge in [0.2, 0.25) is 0 Å².